The summed E-state index contributed by atoms with van der Waals surface area (Å²) in [6.07, 6.45) is 1.70. The third-order valence-corrected chi connectivity index (χ3v) is 1.97. The van der Waals surface area contributed by atoms with E-state index in [0.29, 0.717) is 24.7 Å². The normalized spacial score (nSPS) is 11.0. The second-order valence-corrected chi connectivity index (χ2v) is 3.10. The summed E-state index contributed by atoms with van der Waals surface area (Å²) >= 11 is 0. The third kappa shape index (κ3) is 2.51. The minimum atomic E-state index is 0.597. The van der Waals surface area contributed by atoms with Gasteiger partial charge in [0, 0.05) is 19.9 Å². The van der Waals surface area contributed by atoms with Crippen molar-refractivity contribution in [2.75, 3.05) is 20.3 Å². The molecule has 15 heavy (non-hydrogen) atoms. The Labute approximate surface area is 87.5 Å². The van der Waals surface area contributed by atoms with Crippen molar-refractivity contribution in [1.82, 2.24) is 15.3 Å². The van der Waals surface area contributed by atoms with Crippen molar-refractivity contribution in [3.05, 3.63) is 24.2 Å². The molecule has 0 aliphatic carbocycles. The molecule has 0 saturated carbocycles. The number of fused-ring (bicyclic) bond motifs is 1. The first-order chi connectivity index (χ1) is 7.40. The number of methoxy groups -OCH3 is 1. The lowest BCUT2D eigenvalue weighted by Crippen LogP contribution is -2.18. The summed E-state index contributed by atoms with van der Waals surface area (Å²) in [5.74, 6) is 0.653. The van der Waals surface area contributed by atoms with Crippen molar-refractivity contribution in [3.63, 3.8) is 0 Å². The van der Waals surface area contributed by atoms with Crippen LogP contribution in [0.4, 0.5) is 0 Å². The molecule has 0 atom stereocenters. The lowest BCUT2D eigenvalue weighted by Gasteiger charge is -1.99. The minimum absolute atomic E-state index is 0.597. The molecule has 0 unspecified atom stereocenters. The molecule has 5 heteroatoms. The van der Waals surface area contributed by atoms with Crippen molar-refractivity contribution in [1.29, 1.82) is 0 Å². The van der Waals surface area contributed by atoms with E-state index in [4.69, 9.17) is 9.15 Å². The van der Waals surface area contributed by atoms with Gasteiger partial charge in [0.15, 0.2) is 11.2 Å². The van der Waals surface area contributed by atoms with Crippen LogP contribution in [0, 0.1) is 0 Å². The molecule has 0 bridgehead atoms. The Morgan fingerprint density at radius 1 is 1.53 bits per heavy atom. The molecule has 2 heterocycles. The number of aromatic nitrogens is 2. The van der Waals surface area contributed by atoms with Gasteiger partial charge in [0.1, 0.15) is 0 Å². The highest BCUT2D eigenvalue weighted by Gasteiger charge is 2.04. The zero-order valence-corrected chi connectivity index (χ0v) is 8.56. The highest BCUT2D eigenvalue weighted by atomic mass is 16.5. The van der Waals surface area contributed by atoms with E-state index in [9.17, 15) is 0 Å². The summed E-state index contributed by atoms with van der Waals surface area (Å²) in [4.78, 5) is 8.32. The number of hydrogen-bond acceptors (Lipinski definition) is 5. The van der Waals surface area contributed by atoms with Crippen LogP contribution in [0.25, 0.3) is 11.2 Å². The summed E-state index contributed by atoms with van der Waals surface area (Å²) in [5, 5.41) is 3.15. The zero-order chi connectivity index (χ0) is 10.5. The Kier molecular flexibility index (Phi) is 3.26. The van der Waals surface area contributed by atoms with Crippen LogP contribution in [0.3, 0.4) is 0 Å². The maximum absolute atomic E-state index is 5.47. The van der Waals surface area contributed by atoms with Gasteiger partial charge >= 0.3 is 0 Å². The minimum Gasteiger partial charge on any atom is -0.438 e. The summed E-state index contributed by atoms with van der Waals surface area (Å²) in [6.45, 7) is 2.06. The molecular weight excluding hydrogens is 194 g/mol. The summed E-state index contributed by atoms with van der Waals surface area (Å²) < 4.78 is 10.4. The lowest BCUT2D eigenvalue weighted by atomic mass is 10.5. The van der Waals surface area contributed by atoms with Gasteiger partial charge in [-0.1, -0.05) is 0 Å². The maximum atomic E-state index is 5.47. The lowest BCUT2D eigenvalue weighted by molar-refractivity contribution is 0.198. The van der Waals surface area contributed by atoms with Crippen LogP contribution in [0.15, 0.2) is 22.7 Å². The van der Waals surface area contributed by atoms with Gasteiger partial charge in [-0.25, -0.2) is 4.98 Å². The predicted octanol–water partition coefficient (Wildman–Crippen LogP) is 0.959. The van der Waals surface area contributed by atoms with Gasteiger partial charge in [0.2, 0.25) is 5.89 Å². The van der Waals surface area contributed by atoms with E-state index in [1.165, 1.54) is 0 Å². The molecule has 0 amide bonds. The first-order valence-electron chi connectivity index (χ1n) is 4.80. The van der Waals surface area contributed by atoms with E-state index in [2.05, 4.69) is 15.3 Å². The van der Waals surface area contributed by atoms with Gasteiger partial charge < -0.3 is 14.5 Å². The fraction of sp³-hybridized carbons (Fsp3) is 0.400. The van der Waals surface area contributed by atoms with E-state index in [1.54, 1.807) is 13.3 Å². The number of pyridine rings is 1. The zero-order valence-electron chi connectivity index (χ0n) is 8.56. The van der Waals surface area contributed by atoms with Gasteiger partial charge in [0.25, 0.3) is 0 Å². The van der Waals surface area contributed by atoms with E-state index in [0.717, 1.165) is 12.1 Å². The third-order valence-electron chi connectivity index (χ3n) is 1.97. The molecule has 0 aliphatic heterocycles. The Morgan fingerprint density at radius 2 is 2.47 bits per heavy atom. The van der Waals surface area contributed by atoms with Crippen LogP contribution in [0.2, 0.25) is 0 Å². The van der Waals surface area contributed by atoms with Crippen LogP contribution < -0.4 is 5.32 Å². The molecule has 2 aromatic rings. The average Bonchev–Trinajstić information content (AvgIpc) is 2.67. The number of nitrogens with zero attached hydrogens (tertiary/aromatic N) is 2. The predicted molar refractivity (Wildman–Crippen MR) is 55.4 cm³/mol. The molecule has 0 spiro atoms. The molecule has 80 valence electrons. The fourth-order valence-electron chi connectivity index (χ4n) is 1.26. The highest BCUT2D eigenvalue weighted by Crippen LogP contribution is 2.11. The van der Waals surface area contributed by atoms with Crippen LogP contribution in [0.5, 0.6) is 0 Å². The van der Waals surface area contributed by atoms with Gasteiger partial charge in [-0.2, -0.15) is 4.98 Å². The molecular formula is C10H13N3O2. The standard InChI is InChI=1S/C10H13N3O2/c1-14-6-5-11-7-9-13-10-8(15-9)3-2-4-12-10/h2-4,11H,5-7H2,1H3. The molecule has 0 saturated heterocycles. The van der Waals surface area contributed by atoms with Crippen molar-refractivity contribution in [2.24, 2.45) is 0 Å². The Morgan fingerprint density at radius 3 is 3.27 bits per heavy atom. The fourth-order valence-corrected chi connectivity index (χ4v) is 1.26. The Hall–Kier alpha value is -1.46. The number of ether oxygens (including phenoxy) is 1. The van der Waals surface area contributed by atoms with Crippen molar-refractivity contribution in [3.8, 4) is 0 Å². The smallest absolute Gasteiger partial charge is 0.211 e. The number of hydrogen-bond donors (Lipinski definition) is 1. The van der Waals surface area contributed by atoms with Gasteiger partial charge in [0.05, 0.1) is 13.2 Å². The van der Waals surface area contributed by atoms with E-state index < -0.39 is 0 Å². The molecule has 0 aliphatic rings. The van der Waals surface area contributed by atoms with Crippen LogP contribution in [-0.2, 0) is 11.3 Å². The molecule has 2 aromatic heterocycles. The first-order valence-corrected chi connectivity index (χ1v) is 4.80. The molecule has 5 nitrogen and oxygen atoms in total. The number of nitrogens with one attached hydrogen (secondary N) is 1. The number of oxazole rings is 1. The summed E-state index contributed by atoms with van der Waals surface area (Å²) in [6, 6.07) is 3.68. The maximum Gasteiger partial charge on any atom is 0.211 e. The van der Waals surface area contributed by atoms with Crippen molar-refractivity contribution >= 4 is 11.2 Å². The van der Waals surface area contributed by atoms with E-state index >= 15 is 0 Å². The Balaban J connectivity index is 1.97. The molecule has 2 rings (SSSR count). The SMILES string of the molecule is COCCNCc1nc2ncccc2o1. The summed E-state index contributed by atoms with van der Waals surface area (Å²) in [7, 11) is 1.67. The topological polar surface area (TPSA) is 60.2 Å². The molecule has 0 aromatic carbocycles. The quantitative estimate of drug-likeness (QED) is 0.740. The monoisotopic (exact) mass is 207 g/mol. The van der Waals surface area contributed by atoms with Crippen molar-refractivity contribution in [2.45, 2.75) is 6.54 Å². The van der Waals surface area contributed by atoms with Crippen LogP contribution in [0.1, 0.15) is 5.89 Å². The second-order valence-electron chi connectivity index (χ2n) is 3.10. The second kappa shape index (κ2) is 4.86. The van der Waals surface area contributed by atoms with Crippen LogP contribution in [-0.4, -0.2) is 30.2 Å². The average molecular weight is 207 g/mol. The number of rotatable bonds is 5. The van der Waals surface area contributed by atoms with E-state index in [-0.39, 0.29) is 0 Å². The van der Waals surface area contributed by atoms with Crippen LogP contribution >= 0.6 is 0 Å². The molecule has 0 radical (unpaired) electrons. The first kappa shape index (κ1) is 10.1. The van der Waals surface area contributed by atoms with Gasteiger partial charge in [-0.3, -0.25) is 0 Å². The van der Waals surface area contributed by atoms with Crippen molar-refractivity contribution < 1.29 is 9.15 Å². The van der Waals surface area contributed by atoms with Gasteiger partial charge in [-0.05, 0) is 12.1 Å². The summed E-state index contributed by atoms with van der Waals surface area (Å²) in [5.41, 5.74) is 1.38. The van der Waals surface area contributed by atoms with E-state index in [1.807, 2.05) is 12.1 Å². The largest absolute Gasteiger partial charge is 0.438 e. The van der Waals surface area contributed by atoms with Gasteiger partial charge in [-0.15, -0.1) is 0 Å². The highest BCUT2D eigenvalue weighted by molar-refractivity contribution is 5.66. The molecule has 1 N–H and O–H groups in total. The molecule has 0 fully saturated rings. The Bertz CT molecular complexity index is 394.